The summed E-state index contributed by atoms with van der Waals surface area (Å²) in [5, 5.41) is 2.93. The van der Waals surface area contributed by atoms with Crippen molar-refractivity contribution in [1.29, 1.82) is 0 Å². The second-order valence-electron chi connectivity index (χ2n) is 6.64. The summed E-state index contributed by atoms with van der Waals surface area (Å²) < 4.78 is 5.30. The average molecular weight is 301 g/mol. The summed E-state index contributed by atoms with van der Waals surface area (Å²) in [6.45, 7) is 7.08. The molecule has 118 valence electrons. The summed E-state index contributed by atoms with van der Waals surface area (Å²) in [6, 6.07) is 6.05. The molecule has 0 heterocycles. The van der Waals surface area contributed by atoms with Gasteiger partial charge in [-0.1, -0.05) is 24.3 Å². The second kappa shape index (κ2) is 6.34. The third-order valence-corrected chi connectivity index (χ3v) is 3.45. The Hall–Kier alpha value is -2.10. The van der Waals surface area contributed by atoms with Crippen molar-refractivity contribution in [3.8, 4) is 0 Å². The standard InChI is InChI=1S/C18H23NO3/c1-12(20)5-6-13-7-9-15-14(11-13)8-10-16(15)19-17(21)22-18(2,3)4/h5-7,9,11,16H,8,10H2,1-4H3,(H,19,21)/b6-5+. The van der Waals surface area contributed by atoms with E-state index in [1.165, 1.54) is 12.5 Å². The molecule has 1 aromatic carbocycles. The molecule has 4 heteroatoms. The van der Waals surface area contributed by atoms with Crippen LogP contribution in [0, 0.1) is 0 Å². The highest BCUT2D eigenvalue weighted by Crippen LogP contribution is 2.32. The fourth-order valence-corrected chi connectivity index (χ4v) is 2.55. The summed E-state index contributed by atoms with van der Waals surface area (Å²) >= 11 is 0. The molecule has 2 rings (SSSR count). The van der Waals surface area contributed by atoms with E-state index in [4.69, 9.17) is 4.74 Å². The van der Waals surface area contributed by atoms with Gasteiger partial charge in [0.2, 0.25) is 0 Å². The number of nitrogens with one attached hydrogen (secondary N) is 1. The van der Waals surface area contributed by atoms with Crippen molar-refractivity contribution in [3.05, 3.63) is 41.0 Å². The first-order valence-electron chi connectivity index (χ1n) is 7.55. The lowest BCUT2D eigenvalue weighted by Gasteiger charge is -2.22. The van der Waals surface area contributed by atoms with Gasteiger partial charge in [-0.3, -0.25) is 4.79 Å². The number of fused-ring (bicyclic) bond motifs is 1. The molecule has 1 unspecified atom stereocenters. The summed E-state index contributed by atoms with van der Waals surface area (Å²) in [6.07, 6.45) is 4.78. The number of ketones is 1. The molecule has 0 saturated heterocycles. The predicted octanol–water partition coefficient (Wildman–Crippen LogP) is 3.80. The number of aryl methyl sites for hydroxylation is 1. The maximum atomic E-state index is 11.9. The minimum Gasteiger partial charge on any atom is -0.444 e. The fraction of sp³-hybridized carbons (Fsp3) is 0.444. The topological polar surface area (TPSA) is 55.4 Å². The zero-order valence-electron chi connectivity index (χ0n) is 13.6. The minimum atomic E-state index is -0.493. The van der Waals surface area contributed by atoms with Crippen molar-refractivity contribution in [1.82, 2.24) is 5.32 Å². The molecule has 0 saturated carbocycles. The maximum Gasteiger partial charge on any atom is 0.408 e. The van der Waals surface area contributed by atoms with E-state index in [-0.39, 0.29) is 17.9 Å². The van der Waals surface area contributed by atoms with E-state index in [1.54, 1.807) is 6.08 Å². The number of allylic oxidation sites excluding steroid dienone is 1. The summed E-state index contributed by atoms with van der Waals surface area (Å²) in [5.41, 5.74) is 2.86. The normalized spacial score (nSPS) is 17.4. The number of alkyl carbamates (subject to hydrolysis) is 1. The monoisotopic (exact) mass is 301 g/mol. The van der Waals surface area contributed by atoms with Gasteiger partial charge in [0.15, 0.2) is 5.78 Å². The van der Waals surface area contributed by atoms with Crippen molar-refractivity contribution >= 4 is 18.0 Å². The van der Waals surface area contributed by atoms with Crippen LogP contribution in [0.1, 0.15) is 56.8 Å². The molecule has 4 nitrogen and oxygen atoms in total. The Morgan fingerprint density at radius 3 is 2.68 bits per heavy atom. The van der Waals surface area contributed by atoms with Crippen LogP contribution in [0.25, 0.3) is 6.08 Å². The van der Waals surface area contributed by atoms with Gasteiger partial charge in [-0.25, -0.2) is 4.79 Å². The van der Waals surface area contributed by atoms with E-state index < -0.39 is 5.60 Å². The molecule has 22 heavy (non-hydrogen) atoms. The number of ether oxygens (including phenoxy) is 1. The quantitative estimate of drug-likeness (QED) is 0.864. The molecule has 0 radical (unpaired) electrons. The number of rotatable bonds is 3. The van der Waals surface area contributed by atoms with Gasteiger partial charge < -0.3 is 10.1 Å². The first-order chi connectivity index (χ1) is 10.2. The number of hydrogen-bond acceptors (Lipinski definition) is 3. The average Bonchev–Trinajstić information content (AvgIpc) is 2.76. The van der Waals surface area contributed by atoms with Gasteiger partial charge in [0.05, 0.1) is 6.04 Å². The van der Waals surface area contributed by atoms with E-state index in [0.717, 1.165) is 24.0 Å². The van der Waals surface area contributed by atoms with E-state index >= 15 is 0 Å². The Balaban J connectivity index is 2.07. The van der Waals surface area contributed by atoms with Crippen LogP contribution in [-0.4, -0.2) is 17.5 Å². The SMILES string of the molecule is CC(=O)/C=C/c1ccc2c(c1)CCC2NC(=O)OC(C)(C)C. The maximum absolute atomic E-state index is 11.9. The smallest absolute Gasteiger partial charge is 0.408 e. The molecule has 0 bridgehead atoms. The van der Waals surface area contributed by atoms with Crippen LogP contribution in [0.2, 0.25) is 0 Å². The van der Waals surface area contributed by atoms with Crippen LogP contribution >= 0.6 is 0 Å². The first kappa shape index (κ1) is 16.3. The third kappa shape index (κ3) is 4.45. The van der Waals surface area contributed by atoms with Crippen LogP contribution < -0.4 is 5.32 Å². The van der Waals surface area contributed by atoms with Crippen molar-refractivity contribution < 1.29 is 14.3 Å². The number of hydrogen-bond donors (Lipinski definition) is 1. The Morgan fingerprint density at radius 2 is 2.05 bits per heavy atom. The molecule has 1 N–H and O–H groups in total. The molecule has 1 amide bonds. The summed E-state index contributed by atoms with van der Waals surface area (Å²) in [4.78, 5) is 22.9. The Kier molecular flexibility index (Phi) is 4.69. The summed E-state index contributed by atoms with van der Waals surface area (Å²) in [5.74, 6) is 0.0324. The van der Waals surface area contributed by atoms with Crippen molar-refractivity contribution in [3.63, 3.8) is 0 Å². The van der Waals surface area contributed by atoms with E-state index in [2.05, 4.69) is 11.4 Å². The van der Waals surface area contributed by atoms with Crippen LogP contribution in [-0.2, 0) is 16.0 Å². The highest BCUT2D eigenvalue weighted by molar-refractivity contribution is 5.91. The molecular formula is C18H23NO3. The van der Waals surface area contributed by atoms with Gasteiger partial charge in [-0.05, 0) is 63.3 Å². The highest BCUT2D eigenvalue weighted by Gasteiger charge is 2.26. The molecule has 1 aliphatic carbocycles. The summed E-state index contributed by atoms with van der Waals surface area (Å²) in [7, 11) is 0. The molecular weight excluding hydrogens is 278 g/mol. The van der Waals surface area contributed by atoms with Gasteiger partial charge in [-0.2, -0.15) is 0 Å². The van der Waals surface area contributed by atoms with Crippen molar-refractivity contribution in [2.24, 2.45) is 0 Å². The predicted molar refractivity (Wildman–Crippen MR) is 86.6 cm³/mol. The zero-order valence-corrected chi connectivity index (χ0v) is 13.6. The molecule has 0 aliphatic heterocycles. The minimum absolute atomic E-state index is 0.00399. The highest BCUT2D eigenvalue weighted by atomic mass is 16.6. The third-order valence-electron chi connectivity index (χ3n) is 3.45. The van der Waals surface area contributed by atoms with E-state index in [9.17, 15) is 9.59 Å². The van der Waals surface area contributed by atoms with Crippen LogP contribution in [0.5, 0.6) is 0 Å². The lowest BCUT2D eigenvalue weighted by Crippen LogP contribution is -2.34. The first-order valence-corrected chi connectivity index (χ1v) is 7.55. The van der Waals surface area contributed by atoms with Crippen LogP contribution in [0.15, 0.2) is 24.3 Å². The zero-order chi connectivity index (χ0) is 16.3. The van der Waals surface area contributed by atoms with Crippen molar-refractivity contribution in [2.45, 2.75) is 52.2 Å². The lowest BCUT2D eigenvalue weighted by molar-refractivity contribution is -0.112. The lowest BCUT2D eigenvalue weighted by atomic mass is 10.0. The molecule has 1 aliphatic rings. The van der Waals surface area contributed by atoms with Crippen molar-refractivity contribution in [2.75, 3.05) is 0 Å². The Labute approximate surface area is 131 Å². The molecule has 0 fully saturated rings. The van der Waals surface area contributed by atoms with Crippen LogP contribution in [0.4, 0.5) is 4.79 Å². The molecule has 0 spiro atoms. The number of benzene rings is 1. The number of amides is 1. The molecule has 1 atom stereocenters. The van der Waals surface area contributed by atoms with E-state index in [0.29, 0.717) is 0 Å². The van der Waals surface area contributed by atoms with E-state index in [1.807, 2.05) is 39.0 Å². The molecule has 1 aromatic rings. The van der Waals surface area contributed by atoms with Crippen LogP contribution in [0.3, 0.4) is 0 Å². The van der Waals surface area contributed by atoms with Gasteiger partial charge in [0.1, 0.15) is 5.60 Å². The largest absolute Gasteiger partial charge is 0.444 e. The number of carbonyl (C=O) groups excluding carboxylic acids is 2. The van der Waals surface area contributed by atoms with Gasteiger partial charge in [0, 0.05) is 0 Å². The Morgan fingerprint density at radius 1 is 1.32 bits per heavy atom. The second-order valence-corrected chi connectivity index (χ2v) is 6.64. The molecule has 0 aromatic heterocycles. The van der Waals surface area contributed by atoms with Gasteiger partial charge >= 0.3 is 6.09 Å². The van der Waals surface area contributed by atoms with Gasteiger partial charge in [-0.15, -0.1) is 0 Å². The fourth-order valence-electron chi connectivity index (χ4n) is 2.55. The Bertz CT molecular complexity index is 611. The number of carbonyl (C=O) groups is 2. The van der Waals surface area contributed by atoms with Gasteiger partial charge in [0.25, 0.3) is 0 Å².